The summed E-state index contributed by atoms with van der Waals surface area (Å²) in [5.74, 6) is -0.0869. The van der Waals surface area contributed by atoms with E-state index in [9.17, 15) is 4.79 Å². The van der Waals surface area contributed by atoms with Crippen molar-refractivity contribution in [1.29, 1.82) is 0 Å². The van der Waals surface area contributed by atoms with E-state index < -0.39 is 0 Å². The standard InChI is InChI=1S/C10H10NO/c1-2-11-10(12)8-9-6-4-3-5-7-9/h3-7H,1,8H2,(H,11,12). The van der Waals surface area contributed by atoms with E-state index in [0.29, 0.717) is 6.42 Å². The van der Waals surface area contributed by atoms with Gasteiger partial charge in [0, 0.05) is 0 Å². The van der Waals surface area contributed by atoms with Crippen LogP contribution < -0.4 is 5.32 Å². The van der Waals surface area contributed by atoms with Gasteiger partial charge in [-0.25, -0.2) is 0 Å². The lowest BCUT2D eigenvalue weighted by molar-refractivity contribution is -0.119. The SMILES string of the molecule is C=[C]NC(=O)Cc1ccccc1. The molecule has 12 heavy (non-hydrogen) atoms. The predicted octanol–water partition coefficient (Wildman–Crippen LogP) is 1.29. The molecule has 0 heterocycles. The van der Waals surface area contributed by atoms with Gasteiger partial charge in [0.25, 0.3) is 0 Å². The Morgan fingerprint density at radius 3 is 2.67 bits per heavy atom. The maximum absolute atomic E-state index is 11.0. The Balaban J connectivity index is 2.52. The van der Waals surface area contributed by atoms with Crippen molar-refractivity contribution in [3.63, 3.8) is 0 Å². The number of carbonyl (C=O) groups excluding carboxylic acids is 1. The number of hydrogen-bond acceptors (Lipinski definition) is 1. The third-order valence-electron chi connectivity index (χ3n) is 1.44. The van der Waals surface area contributed by atoms with Gasteiger partial charge in [-0.1, -0.05) is 36.9 Å². The number of carbonyl (C=O) groups is 1. The van der Waals surface area contributed by atoms with E-state index in [4.69, 9.17) is 0 Å². The number of nitrogens with one attached hydrogen (secondary N) is 1. The second-order valence-corrected chi connectivity index (χ2v) is 2.39. The van der Waals surface area contributed by atoms with Crippen molar-refractivity contribution in [2.45, 2.75) is 6.42 Å². The summed E-state index contributed by atoms with van der Waals surface area (Å²) >= 11 is 0. The Morgan fingerprint density at radius 1 is 1.42 bits per heavy atom. The molecule has 0 aromatic heterocycles. The highest BCUT2D eigenvalue weighted by atomic mass is 16.1. The van der Waals surface area contributed by atoms with E-state index in [2.05, 4.69) is 18.1 Å². The first-order valence-corrected chi connectivity index (χ1v) is 3.68. The molecule has 0 atom stereocenters. The van der Waals surface area contributed by atoms with E-state index in [1.54, 1.807) is 0 Å². The van der Waals surface area contributed by atoms with E-state index in [1.807, 2.05) is 30.3 Å². The van der Waals surface area contributed by atoms with Crippen LogP contribution in [0.15, 0.2) is 36.9 Å². The summed E-state index contributed by atoms with van der Waals surface area (Å²) in [6.07, 6.45) is 2.72. The average molecular weight is 160 g/mol. The van der Waals surface area contributed by atoms with Crippen molar-refractivity contribution in [1.82, 2.24) is 5.32 Å². The summed E-state index contributed by atoms with van der Waals surface area (Å²) in [7, 11) is 0. The molecule has 0 aliphatic carbocycles. The average Bonchev–Trinajstić information content (AvgIpc) is 2.06. The summed E-state index contributed by atoms with van der Waals surface area (Å²) in [6.45, 7) is 3.29. The molecule has 2 heteroatoms. The number of amides is 1. The van der Waals surface area contributed by atoms with Gasteiger partial charge >= 0.3 is 0 Å². The zero-order valence-corrected chi connectivity index (χ0v) is 6.71. The Hall–Kier alpha value is -1.57. The summed E-state index contributed by atoms with van der Waals surface area (Å²) in [6, 6.07) is 9.53. The summed E-state index contributed by atoms with van der Waals surface area (Å²) in [5, 5.41) is 2.39. The fourth-order valence-electron chi connectivity index (χ4n) is 0.924. The highest BCUT2D eigenvalue weighted by Crippen LogP contribution is 1.98. The third kappa shape index (κ3) is 2.58. The Labute approximate surface area is 71.9 Å². The molecule has 1 N–H and O–H groups in total. The minimum absolute atomic E-state index is 0.0869. The van der Waals surface area contributed by atoms with Crippen molar-refractivity contribution in [3.05, 3.63) is 48.7 Å². The number of benzene rings is 1. The molecule has 61 valence electrons. The minimum atomic E-state index is -0.0869. The molecule has 1 amide bonds. The van der Waals surface area contributed by atoms with E-state index in [-0.39, 0.29) is 5.91 Å². The molecule has 0 spiro atoms. The van der Waals surface area contributed by atoms with E-state index in [1.165, 1.54) is 0 Å². The van der Waals surface area contributed by atoms with Crippen LogP contribution in [0.5, 0.6) is 0 Å². The van der Waals surface area contributed by atoms with Crippen LogP contribution in [0, 0.1) is 6.20 Å². The third-order valence-corrected chi connectivity index (χ3v) is 1.44. The maximum atomic E-state index is 11.0. The van der Waals surface area contributed by atoms with Gasteiger partial charge in [0.1, 0.15) is 0 Å². The van der Waals surface area contributed by atoms with Gasteiger partial charge < -0.3 is 5.32 Å². The lowest BCUT2D eigenvalue weighted by Gasteiger charge is -1.98. The Bertz CT molecular complexity index is 266. The Kier molecular flexibility index (Phi) is 3.08. The second kappa shape index (κ2) is 4.34. The van der Waals surface area contributed by atoms with Crippen LogP contribution in [0.3, 0.4) is 0 Å². The van der Waals surface area contributed by atoms with Crippen molar-refractivity contribution < 1.29 is 4.79 Å². The van der Waals surface area contributed by atoms with Crippen LogP contribution in [-0.2, 0) is 11.2 Å². The summed E-state index contributed by atoms with van der Waals surface area (Å²) < 4.78 is 0. The fourth-order valence-corrected chi connectivity index (χ4v) is 0.924. The predicted molar refractivity (Wildman–Crippen MR) is 47.2 cm³/mol. The smallest absolute Gasteiger partial charge is 0.228 e. The monoisotopic (exact) mass is 160 g/mol. The normalized spacial score (nSPS) is 9.00. The van der Waals surface area contributed by atoms with Gasteiger partial charge in [0.2, 0.25) is 5.91 Å². The quantitative estimate of drug-likeness (QED) is 0.663. The lowest BCUT2D eigenvalue weighted by atomic mass is 10.1. The van der Waals surface area contributed by atoms with Crippen LogP contribution in [0.25, 0.3) is 0 Å². The van der Waals surface area contributed by atoms with E-state index in [0.717, 1.165) is 5.56 Å². The van der Waals surface area contributed by atoms with Gasteiger partial charge in [-0.3, -0.25) is 4.79 Å². The molecule has 0 unspecified atom stereocenters. The first-order valence-electron chi connectivity index (χ1n) is 3.68. The molecule has 1 radical (unpaired) electrons. The highest BCUT2D eigenvalue weighted by Gasteiger charge is 1.98. The van der Waals surface area contributed by atoms with Crippen molar-refractivity contribution in [3.8, 4) is 0 Å². The van der Waals surface area contributed by atoms with Crippen LogP contribution >= 0.6 is 0 Å². The molecule has 0 fully saturated rings. The second-order valence-electron chi connectivity index (χ2n) is 2.39. The first-order chi connectivity index (χ1) is 5.83. The van der Waals surface area contributed by atoms with Crippen molar-refractivity contribution in [2.75, 3.05) is 0 Å². The highest BCUT2D eigenvalue weighted by molar-refractivity contribution is 5.78. The Morgan fingerprint density at radius 2 is 2.08 bits per heavy atom. The number of rotatable bonds is 3. The van der Waals surface area contributed by atoms with Crippen molar-refractivity contribution in [2.24, 2.45) is 0 Å². The molecule has 0 aliphatic heterocycles. The summed E-state index contributed by atoms with van der Waals surface area (Å²) in [4.78, 5) is 11.0. The van der Waals surface area contributed by atoms with Crippen LogP contribution in [0.4, 0.5) is 0 Å². The zero-order valence-electron chi connectivity index (χ0n) is 6.71. The molecule has 1 aromatic rings. The van der Waals surface area contributed by atoms with Gasteiger partial charge in [-0.05, 0) is 5.56 Å². The molecule has 0 saturated heterocycles. The molecule has 1 rings (SSSR count). The van der Waals surface area contributed by atoms with Crippen LogP contribution in [0.1, 0.15) is 5.56 Å². The minimum Gasteiger partial charge on any atom is -0.325 e. The molecule has 0 saturated carbocycles. The van der Waals surface area contributed by atoms with Crippen molar-refractivity contribution >= 4 is 5.91 Å². The van der Waals surface area contributed by atoms with Crippen LogP contribution in [-0.4, -0.2) is 5.91 Å². The number of hydrogen-bond donors (Lipinski definition) is 1. The van der Waals surface area contributed by atoms with Gasteiger partial charge in [-0.2, -0.15) is 0 Å². The van der Waals surface area contributed by atoms with Gasteiger partial charge in [0.15, 0.2) is 0 Å². The molecule has 1 aromatic carbocycles. The lowest BCUT2D eigenvalue weighted by Crippen LogP contribution is -2.19. The molecule has 0 aliphatic rings. The van der Waals surface area contributed by atoms with Crippen LogP contribution in [0.2, 0.25) is 0 Å². The molecule has 2 nitrogen and oxygen atoms in total. The fraction of sp³-hybridized carbons (Fsp3) is 0.100. The van der Waals surface area contributed by atoms with E-state index >= 15 is 0 Å². The maximum Gasteiger partial charge on any atom is 0.228 e. The molecular formula is C10H10NO. The largest absolute Gasteiger partial charge is 0.325 e. The topological polar surface area (TPSA) is 29.1 Å². The summed E-state index contributed by atoms with van der Waals surface area (Å²) in [5.41, 5.74) is 0.991. The van der Waals surface area contributed by atoms with Gasteiger partial charge in [0.05, 0.1) is 12.6 Å². The molecular weight excluding hydrogens is 150 g/mol. The molecule has 0 bridgehead atoms. The van der Waals surface area contributed by atoms with Gasteiger partial charge in [-0.15, -0.1) is 0 Å². The zero-order chi connectivity index (χ0) is 8.81. The first kappa shape index (κ1) is 8.53.